The van der Waals surface area contributed by atoms with Gasteiger partial charge in [-0.25, -0.2) is 0 Å². The standard InChI is InChI=1S/C6H10N4/c7-5-1-2-6-9-8-4-10(6)3-5/h4-5H,1-3,7H2. The lowest BCUT2D eigenvalue weighted by Gasteiger charge is -2.18. The van der Waals surface area contributed by atoms with Crippen molar-refractivity contribution in [1.29, 1.82) is 0 Å². The van der Waals surface area contributed by atoms with Gasteiger partial charge in [-0.15, -0.1) is 10.2 Å². The Balaban J connectivity index is 2.30. The summed E-state index contributed by atoms with van der Waals surface area (Å²) in [6, 6.07) is 0.295. The summed E-state index contributed by atoms with van der Waals surface area (Å²) in [6.45, 7) is 0.877. The smallest absolute Gasteiger partial charge is 0.132 e. The molecule has 0 amide bonds. The molecule has 1 aliphatic rings. The summed E-state index contributed by atoms with van der Waals surface area (Å²) in [7, 11) is 0. The second-order valence-corrected chi connectivity index (χ2v) is 2.70. The normalized spacial score (nSPS) is 24.3. The van der Waals surface area contributed by atoms with E-state index in [0.717, 1.165) is 25.2 Å². The van der Waals surface area contributed by atoms with Crippen molar-refractivity contribution in [3.05, 3.63) is 12.2 Å². The van der Waals surface area contributed by atoms with E-state index < -0.39 is 0 Å². The topological polar surface area (TPSA) is 56.7 Å². The molecule has 2 N–H and O–H groups in total. The molecule has 0 saturated heterocycles. The first-order valence-corrected chi connectivity index (χ1v) is 3.48. The number of aryl methyl sites for hydroxylation is 1. The summed E-state index contributed by atoms with van der Waals surface area (Å²) in [5, 5.41) is 7.74. The number of hydrogen-bond acceptors (Lipinski definition) is 3. The van der Waals surface area contributed by atoms with Gasteiger partial charge in [0, 0.05) is 19.0 Å². The molecule has 10 heavy (non-hydrogen) atoms. The highest BCUT2D eigenvalue weighted by molar-refractivity contribution is 4.92. The van der Waals surface area contributed by atoms with Gasteiger partial charge in [-0.3, -0.25) is 0 Å². The Labute approximate surface area is 59.1 Å². The van der Waals surface area contributed by atoms with Crippen LogP contribution in [-0.2, 0) is 13.0 Å². The molecular formula is C6H10N4. The van der Waals surface area contributed by atoms with Crippen molar-refractivity contribution in [2.45, 2.75) is 25.4 Å². The molecular weight excluding hydrogens is 128 g/mol. The predicted molar refractivity (Wildman–Crippen MR) is 36.3 cm³/mol. The summed E-state index contributed by atoms with van der Waals surface area (Å²) in [5.74, 6) is 1.07. The first-order chi connectivity index (χ1) is 4.86. The average molecular weight is 138 g/mol. The van der Waals surface area contributed by atoms with Gasteiger partial charge < -0.3 is 10.3 Å². The molecule has 1 unspecified atom stereocenters. The van der Waals surface area contributed by atoms with Crippen molar-refractivity contribution in [2.24, 2.45) is 5.73 Å². The molecule has 4 nitrogen and oxygen atoms in total. The Kier molecular flexibility index (Phi) is 1.20. The van der Waals surface area contributed by atoms with E-state index in [1.165, 1.54) is 0 Å². The molecule has 0 radical (unpaired) electrons. The van der Waals surface area contributed by atoms with Crippen LogP contribution in [0.1, 0.15) is 12.2 Å². The molecule has 0 spiro atoms. The monoisotopic (exact) mass is 138 g/mol. The minimum Gasteiger partial charge on any atom is -0.326 e. The van der Waals surface area contributed by atoms with E-state index in [1.54, 1.807) is 6.33 Å². The molecule has 0 aromatic carbocycles. The summed E-state index contributed by atoms with van der Waals surface area (Å²) in [6.07, 6.45) is 3.76. The highest BCUT2D eigenvalue weighted by Gasteiger charge is 2.14. The van der Waals surface area contributed by atoms with E-state index in [1.807, 2.05) is 4.57 Å². The van der Waals surface area contributed by atoms with E-state index in [9.17, 15) is 0 Å². The third kappa shape index (κ3) is 0.806. The van der Waals surface area contributed by atoms with E-state index in [0.29, 0.717) is 6.04 Å². The second kappa shape index (κ2) is 2.05. The van der Waals surface area contributed by atoms with Gasteiger partial charge in [0.1, 0.15) is 12.2 Å². The summed E-state index contributed by atoms with van der Waals surface area (Å²) < 4.78 is 2.02. The zero-order valence-corrected chi connectivity index (χ0v) is 5.70. The zero-order valence-electron chi connectivity index (χ0n) is 5.70. The predicted octanol–water partition coefficient (Wildman–Crippen LogP) is -0.448. The fourth-order valence-corrected chi connectivity index (χ4v) is 1.28. The Morgan fingerprint density at radius 1 is 1.70 bits per heavy atom. The van der Waals surface area contributed by atoms with Crippen molar-refractivity contribution in [1.82, 2.24) is 14.8 Å². The largest absolute Gasteiger partial charge is 0.326 e. The quantitative estimate of drug-likeness (QED) is 0.528. The van der Waals surface area contributed by atoms with Crippen molar-refractivity contribution >= 4 is 0 Å². The minimum absolute atomic E-state index is 0.295. The number of fused-ring (bicyclic) bond motifs is 1. The first kappa shape index (κ1) is 5.85. The maximum atomic E-state index is 5.73. The van der Waals surface area contributed by atoms with E-state index in [4.69, 9.17) is 5.73 Å². The molecule has 1 aromatic heterocycles. The van der Waals surface area contributed by atoms with Crippen LogP contribution < -0.4 is 5.73 Å². The van der Waals surface area contributed by atoms with Crippen LogP contribution in [0, 0.1) is 0 Å². The lowest BCUT2D eigenvalue weighted by molar-refractivity contribution is 0.453. The van der Waals surface area contributed by atoms with Gasteiger partial charge in [0.2, 0.25) is 0 Å². The molecule has 0 fully saturated rings. The molecule has 4 heteroatoms. The van der Waals surface area contributed by atoms with Crippen LogP contribution >= 0.6 is 0 Å². The summed E-state index contributed by atoms with van der Waals surface area (Å²) >= 11 is 0. The number of hydrogen-bond donors (Lipinski definition) is 1. The molecule has 1 aliphatic heterocycles. The van der Waals surface area contributed by atoms with E-state index in [2.05, 4.69) is 10.2 Å². The van der Waals surface area contributed by atoms with Gasteiger partial charge in [-0.2, -0.15) is 0 Å². The number of aromatic nitrogens is 3. The molecule has 54 valence electrons. The Morgan fingerprint density at radius 3 is 3.50 bits per heavy atom. The zero-order chi connectivity index (χ0) is 6.97. The van der Waals surface area contributed by atoms with Crippen LogP contribution in [0.3, 0.4) is 0 Å². The second-order valence-electron chi connectivity index (χ2n) is 2.70. The van der Waals surface area contributed by atoms with E-state index >= 15 is 0 Å². The molecule has 1 atom stereocenters. The lowest BCUT2D eigenvalue weighted by atomic mass is 10.1. The Bertz CT molecular complexity index is 229. The van der Waals surface area contributed by atoms with Crippen molar-refractivity contribution < 1.29 is 0 Å². The maximum Gasteiger partial charge on any atom is 0.132 e. The van der Waals surface area contributed by atoms with E-state index in [-0.39, 0.29) is 0 Å². The third-order valence-electron chi connectivity index (χ3n) is 1.87. The molecule has 2 heterocycles. The van der Waals surface area contributed by atoms with Gasteiger partial charge in [0.05, 0.1) is 0 Å². The van der Waals surface area contributed by atoms with Gasteiger partial charge in [0.25, 0.3) is 0 Å². The SMILES string of the molecule is NC1CCc2nncn2C1. The number of nitrogens with two attached hydrogens (primary N) is 1. The summed E-state index contributed by atoms with van der Waals surface area (Å²) in [4.78, 5) is 0. The van der Waals surface area contributed by atoms with Gasteiger partial charge >= 0.3 is 0 Å². The highest BCUT2D eigenvalue weighted by Crippen LogP contribution is 2.09. The fraction of sp³-hybridized carbons (Fsp3) is 0.667. The maximum absolute atomic E-state index is 5.73. The average Bonchev–Trinajstić information content (AvgIpc) is 2.33. The highest BCUT2D eigenvalue weighted by atomic mass is 15.3. The van der Waals surface area contributed by atoms with Crippen molar-refractivity contribution in [2.75, 3.05) is 0 Å². The fourth-order valence-electron chi connectivity index (χ4n) is 1.28. The van der Waals surface area contributed by atoms with Crippen LogP contribution in [0.25, 0.3) is 0 Å². The van der Waals surface area contributed by atoms with Gasteiger partial charge in [0.15, 0.2) is 0 Å². The van der Waals surface area contributed by atoms with Crippen molar-refractivity contribution in [3.8, 4) is 0 Å². The van der Waals surface area contributed by atoms with Crippen LogP contribution in [0.4, 0.5) is 0 Å². The van der Waals surface area contributed by atoms with Crippen LogP contribution in [-0.4, -0.2) is 20.8 Å². The third-order valence-corrected chi connectivity index (χ3v) is 1.87. The Morgan fingerprint density at radius 2 is 2.60 bits per heavy atom. The molecule has 0 aliphatic carbocycles. The number of nitrogens with zero attached hydrogens (tertiary/aromatic N) is 3. The van der Waals surface area contributed by atoms with Gasteiger partial charge in [-0.05, 0) is 6.42 Å². The molecule has 1 aromatic rings. The Hall–Kier alpha value is -0.900. The minimum atomic E-state index is 0.295. The van der Waals surface area contributed by atoms with Crippen molar-refractivity contribution in [3.63, 3.8) is 0 Å². The lowest BCUT2D eigenvalue weighted by Crippen LogP contribution is -2.31. The first-order valence-electron chi connectivity index (χ1n) is 3.48. The molecule has 0 saturated carbocycles. The molecule has 2 rings (SSSR count). The summed E-state index contributed by atoms with van der Waals surface area (Å²) in [5.41, 5.74) is 5.73. The number of rotatable bonds is 0. The molecule has 0 bridgehead atoms. The van der Waals surface area contributed by atoms with Crippen LogP contribution in [0.5, 0.6) is 0 Å². The van der Waals surface area contributed by atoms with Crippen LogP contribution in [0.2, 0.25) is 0 Å². The van der Waals surface area contributed by atoms with Crippen LogP contribution in [0.15, 0.2) is 6.33 Å². The van der Waals surface area contributed by atoms with Gasteiger partial charge in [-0.1, -0.05) is 0 Å².